The number of carbonyl (C=O) groups excluding carboxylic acids is 2. The van der Waals surface area contributed by atoms with Crippen LogP contribution in [0.15, 0.2) is 78.9 Å². The van der Waals surface area contributed by atoms with Crippen LogP contribution in [0.1, 0.15) is 55.2 Å². The van der Waals surface area contributed by atoms with Gasteiger partial charge in [-0.05, 0) is 36.1 Å². The smallest absolute Gasteiger partial charge is 0.243 e. The second-order valence-corrected chi connectivity index (χ2v) is 12.0. The first-order valence-corrected chi connectivity index (χ1v) is 15.6. The molecule has 1 aliphatic carbocycles. The SMILES string of the molecule is O=C(NC1CCCCC1)[C@@H](Cc1ccccc1)N(Cc1c(Cl)cccc1Cl)C(=O)CCSCc1ccccc1. The lowest BCUT2D eigenvalue weighted by atomic mass is 9.94. The molecule has 1 aliphatic rings. The van der Waals surface area contributed by atoms with Crippen molar-refractivity contribution >= 4 is 46.8 Å². The fraction of sp³-hybridized carbons (Fsp3) is 0.375. The number of thioether (sulfide) groups is 1. The van der Waals surface area contributed by atoms with Gasteiger partial charge < -0.3 is 10.2 Å². The minimum absolute atomic E-state index is 0.0775. The van der Waals surface area contributed by atoms with E-state index in [1.165, 1.54) is 12.0 Å². The van der Waals surface area contributed by atoms with E-state index >= 15 is 0 Å². The second-order valence-electron chi connectivity index (χ2n) is 10.1. The maximum Gasteiger partial charge on any atom is 0.243 e. The average Bonchev–Trinajstić information content (AvgIpc) is 2.96. The maximum absolute atomic E-state index is 13.9. The van der Waals surface area contributed by atoms with Gasteiger partial charge >= 0.3 is 0 Å². The fourth-order valence-electron chi connectivity index (χ4n) is 5.02. The average molecular weight is 584 g/mol. The van der Waals surface area contributed by atoms with Crippen molar-refractivity contribution in [3.8, 4) is 0 Å². The highest BCUT2D eigenvalue weighted by Crippen LogP contribution is 2.28. The normalized spacial score (nSPS) is 14.5. The number of rotatable bonds is 12. The molecule has 0 saturated heterocycles. The molecule has 0 aromatic heterocycles. The van der Waals surface area contributed by atoms with Gasteiger partial charge in [-0.2, -0.15) is 11.8 Å². The molecule has 0 radical (unpaired) electrons. The van der Waals surface area contributed by atoms with Gasteiger partial charge in [-0.15, -0.1) is 0 Å². The molecule has 0 unspecified atom stereocenters. The maximum atomic E-state index is 13.9. The Morgan fingerprint density at radius 3 is 2.10 bits per heavy atom. The van der Waals surface area contributed by atoms with Gasteiger partial charge in [0.05, 0.1) is 0 Å². The molecular weight excluding hydrogens is 547 g/mol. The molecule has 2 amide bonds. The van der Waals surface area contributed by atoms with E-state index < -0.39 is 6.04 Å². The number of amides is 2. The van der Waals surface area contributed by atoms with Crippen LogP contribution in [-0.2, 0) is 28.3 Å². The Balaban J connectivity index is 1.56. The number of carbonyl (C=O) groups is 2. The van der Waals surface area contributed by atoms with Crippen LogP contribution >= 0.6 is 35.0 Å². The first-order valence-electron chi connectivity index (χ1n) is 13.7. The predicted octanol–water partition coefficient (Wildman–Crippen LogP) is 7.71. The summed E-state index contributed by atoms with van der Waals surface area (Å²) in [6.45, 7) is 0.177. The third-order valence-corrected chi connectivity index (χ3v) is 8.92. The van der Waals surface area contributed by atoms with Crippen molar-refractivity contribution in [2.45, 2.75) is 69.3 Å². The first kappa shape index (κ1) is 29.5. The number of halogens is 2. The zero-order valence-corrected chi connectivity index (χ0v) is 24.5. The Morgan fingerprint density at radius 1 is 0.846 bits per heavy atom. The highest BCUT2D eigenvalue weighted by atomic mass is 35.5. The van der Waals surface area contributed by atoms with Crippen LogP contribution in [0, 0.1) is 0 Å². The lowest BCUT2D eigenvalue weighted by molar-refractivity contribution is -0.141. The van der Waals surface area contributed by atoms with Crippen LogP contribution < -0.4 is 5.32 Å². The fourth-order valence-corrected chi connectivity index (χ4v) is 6.43. The highest BCUT2D eigenvalue weighted by Gasteiger charge is 2.32. The van der Waals surface area contributed by atoms with Gasteiger partial charge in [-0.3, -0.25) is 9.59 Å². The number of hydrogen-bond acceptors (Lipinski definition) is 3. The van der Waals surface area contributed by atoms with Crippen LogP contribution in [0.5, 0.6) is 0 Å². The van der Waals surface area contributed by atoms with E-state index in [9.17, 15) is 9.59 Å². The highest BCUT2D eigenvalue weighted by molar-refractivity contribution is 7.98. The van der Waals surface area contributed by atoms with Gasteiger partial charge in [0.15, 0.2) is 0 Å². The summed E-state index contributed by atoms with van der Waals surface area (Å²) in [4.78, 5) is 29.4. The van der Waals surface area contributed by atoms with E-state index in [1.54, 1.807) is 34.9 Å². The van der Waals surface area contributed by atoms with Crippen molar-refractivity contribution < 1.29 is 9.59 Å². The summed E-state index contributed by atoms with van der Waals surface area (Å²) in [5.74, 6) is 1.30. The van der Waals surface area contributed by atoms with Gasteiger partial charge in [0.1, 0.15) is 6.04 Å². The molecule has 1 fully saturated rings. The van der Waals surface area contributed by atoms with E-state index in [0.717, 1.165) is 37.0 Å². The van der Waals surface area contributed by atoms with Crippen LogP contribution in [0.25, 0.3) is 0 Å². The molecular formula is C32H36Cl2N2O2S. The van der Waals surface area contributed by atoms with Crippen LogP contribution in [0.4, 0.5) is 0 Å². The van der Waals surface area contributed by atoms with Crippen molar-refractivity contribution in [3.63, 3.8) is 0 Å². The summed E-state index contributed by atoms with van der Waals surface area (Å²) in [5.41, 5.74) is 2.89. The molecule has 4 nitrogen and oxygen atoms in total. The molecule has 0 bridgehead atoms. The van der Waals surface area contributed by atoms with Crippen molar-refractivity contribution in [1.82, 2.24) is 10.2 Å². The largest absolute Gasteiger partial charge is 0.352 e. The van der Waals surface area contributed by atoms with Crippen molar-refractivity contribution in [3.05, 3.63) is 106 Å². The minimum atomic E-state index is -0.673. The molecule has 3 aromatic rings. The topological polar surface area (TPSA) is 49.4 Å². The summed E-state index contributed by atoms with van der Waals surface area (Å²) in [7, 11) is 0. The van der Waals surface area contributed by atoms with Gasteiger partial charge in [0, 0.05) is 52.5 Å². The van der Waals surface area contributed by atoms with Crippen molar-refractivity contribution in [2.75, 3.05) is 5.75 Å². The van der Waals surface area contributed by atoms with Crippen LogP contribution in [0.3, 0.4) is 0 Å². The first-order chi connectivity index (χ1) is 19.0. The summed E-state index contributed by atoms with van der Waals surface area (Å²) < 4.78 is 0. The zero-order chi connectivity index (χ0) is 27.5. The quantitative estimate of drug-likeness (QED) is 0.222. The summed E-state index contributed by atoms with van der Waals surface area (Å²) in [6, 6.07) is 24.9. The predicted molar refractivity (Wildman–Crippen MR) is 163 cm³/mol. The monoisotopic (exact) mass is 582 g/mol. The Morgan fingerprint density at radius 2 is 1.46 bits per heavy atom. The van der Waals surface area contributed by atoms with Crippen LogP contribution in [0.2, 0.25) is 10.0 Å². The Kier molecular flexibility index (Phi) is 11.6. The minimum Gasteiger partial charge on any atom is -0.352 e. The van der Waals surface area contributed by atoms with Crippen molar-refractivity contribution in [1.29, 1.82) is 0 Å². The van der Waals surface area contributed by atoms with E-state index in [-0.39, 0.29) is 24.4 Å². The molecule has 1 saturated carbocycles. The molecule has 0 spiro atoms. The van der Waals surface area contributed by atoms with E-state index in [0.29, 0.717) is 34.2 Å². The molecule has 1 N–H and O–H groups in total. The third-order valence-electron chi connectivity index (χ3n) is 7.18. The summed E-state index contributed by atoms with van der Waals surface area (Å²) >= 11 is 14.8. The third kappa shape index (κ3) is 9.02. The molecule has 7 heteroatoms. The standard InChI is InChI=1S/C32H36Cl2N2O2S/c33-28-17-10-18-29(34)27(28)22-36(31(37)19-20-39-23-25-13-6-2-7-14-25)30(21-24-11-4-1-5-12-24)32(38)35-26-15-8-3-9-16-26/h1-2,4-7,10-14,17-18,26,30H,3,8-9,15-16,19-23H2,(H,35,38)/t30-/m1/s1. The van der Waals surface area contributed by atoms with Crippen LogP contribution in [-0.4, -0.2) is 34.6 Å². The van der Waals surface area contributed by atoms with Gasteiger partial charge in [0.25, 0.3) is 0 Å². The van der Waals surface area contributed by atoms with E-state index in [4.69, 9.17) is 23.2 Å². The molecule has 1 atom stereocenters. The lowest BCUT2D eigenvalue weighted by Gasteiger charge is -2.34. The number of nitrogens with zero attached hydrogens (tertiary/aromatic N) is 1. The molecule has 4 rings (SSSR count). The number of hydrogen-bond donors (Lipinski definition) is 1. The molecule has 206 valence electrons. The van der Waals surface area contributed by atoms with E-state index in [2.05, 4.69) is 17.4 Å². The lowest BCUT2D eigenvalue weighted by Crippen LogP contribution is -2.53. The van der Waals surface area contributed by atoms with Gasteiger partial charge in [-0.1, -0.05) is 109 Å². The Labute approximate surface area is 246 Å². The molecule has 3 aromatic carbocycles. The summed E-state index contributed by atoms with van der Waals surface area (Å²) in [6.07, 6.45) is 6.13. The van der Waals surface area contributed by atoms with Gasteiger partial charge in [-0.25, -0.2) is 0 Å². The molecule has 0 heterocycles. The zero-order valence-electron chi connectivity index (χ0n) is 22.2. The van der Waals surface area contributed by atoms with E-state index in [1.807, 2.05) is 48.5 Å². The summed E-state index contributed by atoms with van der Waals surface area (Å²) in [5, 5.41) is 4.26. The number of nitrogens with one attached hydrogen (secondary N) is 1. The Hall–Kier alpha value is -2.47. The molecule has 39 heavy (non-hydrogen) atoms. The number of benzene rings is 3. The second kappa shape index (κ2) is 15.4. The molecule has 0 aliphatic heterocycles. The Bertz CT molecular complexity index is 1180. The van der Waals surface area contributed by atoms with Gasteiger partial charge in [0.2, 0.25) is 11.8 Å². The van der Waals surface area contributed by atoms with Crippen molar-refractivity contribution in [2.24, 2.45) is 0 Å².